The van der Waals surface area contributed by atoms with Crippen LogP contribution in [0, 0.1) is 11.6 Å². The van der Waals surface area contributed by atoms with Crippen LogP contribution < -0.4 is 5.73 Å². The molecule has 0 fully saturated rings. The van der Waals surface area contributed by atoms with Crippen molar-refractivity contribution in [3.05, 3.63) is 58.6 Å². The second-order valence-corrected chi connectivity index (χ2v) is 5.13. The summed E-state index contributed by atoms with van der Waals surface area (Å²) in [4.78, 5) is 0.681. The lowest BCUT2D eigenvalue weighted by Crippen LogP contribution is -1.91. The molecule has 0 aromatic heterocycles. The van der Waals surface area contributed by atoms with Gasteiger partial charge in [-0.1, -0.05) is 17.7 Å². The molecule has 0 aliphatic carbocycles. The molecule has 18 heavy (non-hydrogen) atoms. The van der Waals surface area contributed by atoms with Crippen molar-refractivity contribution in [3.63, 3.8) is 0 Å². The summed E-state index contributed by atoms with van der Waals surface area (Å²) in [6.45, 7) is 0. The second-order valence-electron chi connectivity index (χ2n) is 3.67. The molecule has 94 valence electrons. The minimum Gasteiger partial charge on any atom is -0.396 e. The molecule has 1 nitrogen and oxygen atoms in total. The first-order chi connectivity index (χ1) is 8.58. The van der Waals surface area contributed by atoms with Gasteiger partial charge in [0, 0.05) is 21.2 Å². The number of nitrogen functional groups attached to an aromatic ring is 1. The fourth-order valence-corrected chi connectivity index (χ4v) is 2.69. The lowest BCUT2D eigenvalue weighted by molar-refractivity contribution is 0.617. The predicted molar refractivity (Wildman–Crippen MR) is 71.8 cm³/mol. The first-order valence-electron chi connectivity index (χ1n) is 5.18. The minimum atomic E-state index is -0.473. The molecule has 0 bridgehead atoms. The van der Waals surface area contributed by atoms with Crippen molar-refractivity contribution in [2.24, 2.45) is 0 Å². The lowest BCUT2D eigenvalue weighted by Gasteiger charge is -2.06. The summed E-state index contributed by atoms with van der Waals surface area (Å²) < 4.78 is 26.7. The van der Waals surface area contributed by atoms with Gasteiger partial charge in [0.05, 0.1) is 5.69 Å². The summed E-state index contributed by atoms with van der Waals surface area (Å²) in [6, 6.07) is 9.04. The van der Waals surface area contributed by atoms with Crippen LogP contribution in [0.15, 0.2) is 41.3 Å². The van der Waals surface area contributed by atoms with E-state index in [4.69, 9.17) is 17.3 Å². The van der Waals surface area contributed by atoms with Gasteiger partial charge in [-0.25, -0.2) is 8.78 Å². The number of halogens is 3. The monoisotopic (exact) mass is 285 g/mol. The van der Waals surface area contributed by atoms with E-state index in [0.29, 0.717) is 21.2 Å². The molecule has 0 unspecified atom stereocenters. The van der Waals surface area contributed by atoms with Gasteiger partial charge >= 0.3 is 0 Å². The topological polar surface area (TPSA) is 26.0 Å². The number of hydrogen-bond donors (Lipinski definition) is 1. The van der Waals surface area contributed by atoms with Crippen molar-refractivity contribution in [1.29, 1.82) is 0 Å². The maximum atomic E-state index is 13.5. The zero-order valence-corrected chi connectivity index (χ0v) is 10.9. The largest absolute Gasteiger partial charge is 0.396 e. The normalized spacial score (nSPS) is 10.6. The second kappa shape index (κ2) is 5.59. The van der Waals surface area contributed by atoms with Crippen LogP contribution in [0.2, 0.25) is 5.02 Å². The zero-order chi connectivity index (χ0) is 13.1. The molecular formula is C13H10ClF2NS. The Labute approximate surface area is 113 Å². The molecule has 0 aliphatic rings. The van der Waals surface area contributed by atoms with Gasteiger partial charge in [-0.05, 0) is 30.3 Å². The van der Waals surface area contributed by atoms with Crippen LogP contribution in [0.5, 0.6) is 0 Å². The maximum absolute atomic E-state index is 13.5. The number of rotatable bonds is 3. The summed E-state index contributed by atoms with van der Waals surface area (Å²) in [7, 11) is 0. The Kier molecular flexibility index (Phi) is 4.09. The first-order valence-corrected chi connectivity index (χ1v) is 6.55. The zero-order valence-electron chi connectivity index (χ0n) is 9.29. The molecule has 2 aromatic carbocycles. The number of benzene rings is 2. The van der Waals surface area contributed by atoms with Gasteiger partial charge in [0.15, 0.2) is 0 Å². The Morgan fingerprint density at radius 1 is 1.11 bits per heavy atom. The fraction of sp³-hybridized carbons (Fsp3) is 0.0769. The Hall–Kier alpha value is -1.26. The highest BCUT2D eigenvalue weighted by Crippen LogP contribution is 2.29. The molecule has 0 atom stereocenters. The third kappa shape index (κ3) is 2.94. The Bertz CT molecular complexity index is 555. The van der Waals surface area contributed by atoms with E-state index in [0.717, 1.165) is 0 Å². The van der Waals surface area contributed by atoms with Crippen LogP contribution in [0.1, 0.15) is 5.56 Å². The highest BCUT2D eigenvalue weighted by molar-refractivity contribution is 7.98. The number of thioether (sulfide) groups is 1. The van der Waals surface area contributed by atoms with Crippen molar-refractivity contribution >= 4 is 29.1 Å². The molecule has 2 rings (SSSR count). The molecular weight excluding hydrogens is 276 g/mol. The number of nitrogens with two attached hydrogens (primary N) is 1. The van der Waals surface area contributed by atoms with Crippen LogP contribution in [-0.4, -0.2) is 0 Å². The molecule has 5 heteroatoms. The van der Waals surface area contributed by atoms with E-state index in [2.05, 4.69) is 0 Å². The van der Waals surface area contributed by atoms with Crippen LogP contribution in [0.3, 0.4) is 0 Å². The summed E-state index contributed by atoms with van der Waals surface area (Å²) in [5.41, 5.74) is 5.90. The average Bonchev–Trinajstić information content (AvgIpc) is 2.33. The number of hydrogen-bond acceptors (Lipinski definition) is 2. The number of anilines is 1. The molecule has 0 radical (unpaired) electrons. The van der Waals surface area contributed by atoms with Gasteiger partial charge in [0.1, 0.15) is 11.6 Å². The molecule has 0 saturated heterocycles. The summed E-state index contributed by atoms with van der Waals surface area (Å²) in [5, 5.41) is 0.374. The van der Waals surface area contributed by atoms with E-state index >= 15 is 0 Å². The van der Waals surface area contributed by atoms with Crippen molar-refractivity contribution in [3.8, 4) is 0 Å². The van der Waals surface area contributed by atoms with Crippen molar-refractivity contribution < 1.29 is 8.78 Å². The van der Waals surface area contributed by atoms with Gasteiger partial charge in [-0.15, -0.1) is 11.8 Å². The van der Waals surface area contributed by atoms with E-state index in [1.807, 2.05) is 0 Å². The smallest absolute Gasteiger partial charge is 0.147 e. The minimum absolute atomic E-state index is 0.100. The van der Waals surface area contributed by atoms with E-state index < -0.39 is 5.82 Å². The summed E-state index contributed by atoms with van der Waals surface area (Å²) in [5.74, 6) is -0.486. The van der Waals surface area contributed by atoms with Crippen LogP contribution in [0.4, 0.5) is 14.5 Å². The van der Waals surface area contributed by atoms with E-state index in [1.54, 1.807) is 18.2 Å². The molecule has 0 spiro atoms. The van der Waals surface area contributed by atoms with Gasteiger partial charge in [0.2, 0.25) is 0 Å². The van der Waals surface area contributed by atoms with Crippen molar-refractivity contribution in [1.82, 2.24) is 0 Å². The fourth-order valence-electron chi connectivity index (χ4n) is 1.42. The maximum Gasteiger partial charge on any atom is 0.147 e. The highest BCUT2D eigenvalue weighted by atomic mass is 35.5. The van der Waals surface area contributed by atoms with E-state index in [9.17, 15) is 8.78 Å². The average molecular weight is 286 g/mol. The van der Waals surface area contributed by atoms with Gasteiger partial charge in [0.25, 0.3) is 0 Å². The highest BCUT2D eigenvalue weighted by Gasteiger charge is 2.08. The first kappa shape index (κ1) is 13.2. The van der Waals surface area contributed by atoms with Gasteiger partial charge in [-0.2, -0.15) is 0 Å². The van der Waals surface area contributed by atoms with Gasteiger partial charge < -0.3 is 5.73 Å². The van der Waals surface area contributed by atoms with Crippen LogP contribution in [0.25, 0.3) is 0 Å². The van der Waals surface area contributed by atoms with Crippen LogP contribution >= 0.6 is 23.4 Å². The third-order valence-electron chi connectivity index (χ3n) is 2.42. The molecule has 0 aliphatic heterocycles. The molecule has 0 saturated carbocycles. The quantitative estimate of drug-likeness (QED) is 0.664. The van der Waals surface area contributed by atoms with Crippen molar-refractivity contribution in [2.45, 2.75) is 10.6 Å². The Morgan fingerprint density at radius 3 is 2.56 bits per heavy atom. The molecule has 2 aromatic rings. The van der Waals surface area contributed by atoms with Crippen molar-refractivity contribution in [2.75, 3.05) is 5.73 Å². The standard InChI is InChI=1S/C13H10ClF2NS/c14-10-2-1-3-11(15)9(10)7-18-8-4-5-13(17)12(16)6-8/h1-6H,7,17H2. The molecule has 0 amide bonds. The summed E-state index contributed by atoms with van der Waals surface area (Å²) >= 11 is 7.21. The molecule has 2 N–H and O–H groups in total. The van der Waals surface area contributed by atoms with Crippen LogP contribution in [-0.2, 0) is 5.75 Å². The predicted octanol–water partition coefficient (Wildman–Crippen LogP) is 4.49. The third-order valence-corrected chi connectivity index (χ3v) is 3.79. The van der Waals surface area contributed by atoms with E-state index in [1.165, 1.54) is 30.0 Å². The Balaban J connectivity index is 2.14. The summed E-state index contributed by atoms with van der Waals surface area (Å²) in [6.07, 6.45) is 0. The van der Waals surface area contributed by atoms with Gasteiger partial charge in [-0.3, -0.25) is 0 Å². The van der Waals surface area contributed by atoms with E-state index in [-0.39, 0.29) is 11.5 Å². The molecule has 0 heterocycles. The SMILES string of the molecule is Nc1ccc(SCc2c(F)cccc2Cl)cc1F. The lowest BCUT2D eigenvalue weighted by atomic mass is 10.2. The Morgan fingerprint density at radius 2 is 1.89 bits per heavy atom.